The first-order valence-corrected chi connectivity index (χ1v) is 10.1. The zero-order chi connectivity index (χ0) is 22.3. The lowest BCUT2D eigenvalue weighted by molar-refractivity contribution is -0.116. The Morgan fingerprint density at radius 1 is 1.00 bits per heavy atom. The van der Waals surface area contributed by atoms with Gasteiger partial charge in [-0.1, -0.05) is 42.5 Å². The number of rotatable bonds is 7. The van der Waals surface area contributed by atoms with Gasteiger partial charge in [-0.15, -0.1) is 0 Å². The minimum Gasteiger partial charge on any atom is -0.371 e. The Morgan fingerprint density at radius 3 is 2.23 bits per heavy atom. The highest BCUT2D eigenvalue weighted by Crippen LogP contribution is 2.19. The van der Waals surface area contributed by atoms with Crippen molar-refractivity contribution in [3.05, 3.63) is 64.7 Å². The minimum atomic E-state index is -0.303. The number of anilines is 1. The predicted octanol–water partition coefficient (Wildman–Crippen LogP) is 4.40. The molecular formula is C24H33N3O3. The van der Waals surface area contributed by atoms with E-state index in [4.69, 9.17) is 4.74 Å². The molecule has 2 rings (SSSR count). The number of carbonyl (C=O) groups is 2. The highest BCUT2D eigenvalue weighted by Gasteiger charge is 2.15. The summed E-state index contributed by atoms with van der Waals surface area (Å²) in [6, 6.07) is 13.5. The molecule has 162 valence electrons. The van der Waals surface area contributed by atoms with E-state index in [0.29, 0.717) is 13.2 Å². The van der Waals surface area contributed by atoms with Crippen LogP contribution in [0, 0.1) is 13.8 Å². The smallest absolute Gasteiger partial charge is 0.317 e. The molecule has 0 atom stereocenters. The van der Waals surface area contributed by atoms with E-state index in [1.54, 1.807) is 7.05 Å². The van der Waals surface area contributed by atoms with Crippen molar-refractivity contribution in [1.82, 2.24) is 10.2 Å². The van der Waals surface area contributed by atoms with Gasteiger partial charge in [-0.25, -0.2) is 4.79 Å². The SMILES string of the molecule is Cc1cccc(C)c1NC(=O)CN(C)C(=O)NCc1cccc(COC(C)(C)C)c1. The van der Waals surface area contributed by atoms with Gasteiger partial charge < -0.3 is 20.3 Å². The van der Waals surface area contributed by atoms with Crippen molar-refractivity contribution in [3.63, 3.8) is 0 Å². The molecule has 0 heterocycles. The summed E-state index contributed by atoms with van der Waals surface area (Å²) in [5.41, 5.74) is 4.61. The Labute approximate surface area is 179 Å². The molecule has 0 aromatic heterocycles. The lowest BCUT2D eigenvalue weighted by Gasteiger charge is -2.20. The van der Waals surface area contributed by atoms with Crippen LogP contribution in [-0.2, 0) is 22.7 Å². The maximum absolute atomic E-state index is 12.4. The van der Waals surface area contributed by atoms with Crippen molar-refractivity contribution in [2.24, 2.45) is 0 Å². The predicted molar refractivity (Wildman–Crippen MR) is 120 cm³/mol. The topological polar surface area (TPSA) is 70.7 Å². The van der Waals surface area contributed by atoms with Gasteiger partial charge in [0, 0.05) is 19.3 Å². The van der Waals surface area contributed by atoms with Gasteiger partial charge in [0.15, 0.2) is 0 Å². The summed E-state index contributed by atoms with van der Waals surface area (Å²) in [5.74, 6) is -0.230. The van der Waals surface area contributed by atoms with Crippen LogP contribution >= 0.6 is 0 Å². The maximum atomic E-state index is 12.4. The Morgan fingerprint density at radius 2 is 1.60 bits per heavy atom. The lowest BCUT2D eigenvalue weighted by Crippen LogP contribution is -2.41. The molecule has 6 nitrogen and oxygen atoms in total. The van der Waals surface area contributed by atoms with E-state index in [1.165, 1.54) is 4.90 Å². The lowest BCUT2D eigenvalue weighted by atomic mass is 10.1. The molecule has 6 heteroatoms. The summed E-state index contributed by atoms with van der Waals surface area (Å²) >= 11 is 0. The van der Waals surface area contributed by atoms with Gasteiger partial charge in [0.1, 0.15) is 6.54 Å². The number of aryl methyl sites for hydroxylation is 2. The molecule has 0 aliphatic carbocycles. The number of carbonyl (C=O) groups excluding carboxylic acids is 2. The highest BCUT2D eigenvalue weighted by atomic mass is 16.5. The second kappa shape index (κ2) is 10.3. The first-order valence-electron chi connectivity index (χ1n) is 10.1. The van der Waals surface area contributed by atoms with Crippen LogP contribution in [0.4, 0.5) is 10.5 Å². The third kappa shape index (κ3) is 7.52. The van der Waals surface area contributed by atoms with E-state index < -0.39 is 0 Å². The van der Waals surface area contributed by atoms with Gasteiger partial charge in [0.05, 0.1) is 12.2 Å². The molecular weight excluding hydrogens is 378 g/mol. The molecule has 3 amide bonds. The molecule has 0 unspecified atom stereocenters. The monoisotopic (exact) mass is 411 g/mol. The number of urea groups is 1. The van der Waals surface area contributed by atoms with Crippen molar-refractivity contribution < 1.29 is 14.3 Å². The first kappa shape index (κ1) is 23.4. The third-order valence-corrected chi connectivity index (χ3v) is 4.58. The van der Waals surface area contributed by atoms with Crippen molar-refractivity contribution in [1.29, 1.82) is 0 Å². The van der Waals surface area contributed by atoms with Crippen molar-refractivity contribution in [2.45, 2.75) is 53.4 Å². The zero-order valence-electron chi connectivity index (χ0n) is 18.8. The Balaban J connectivity index is 1.85. The fourth-order valence-corrected chi connectivity index (χ4v) is 2.92. The molecule has 2 N–H and O–H groups in total. The molecule has 0 saturated heterocycles. The molecule has 0 aliphatic heterocycles. The number of nitrogens with zero attached hydrogens (tertiary/aromatic N) is 1. The number of hydrogen-bond donors (Lipinski definition) is 2. The van der Waals surface area contributed by atoms with E-state index in [2.05, 4.69) is 10.6 Å². The van der Waals surface area contributed by atoms with Crippen LogP contribution in [0.5, 0.6) is 0 Å². The van der Waals surface area contributed by atoms with Crippen LogP contribution in [0.15, 0.2) is 42.5 Å². The second-order valence-electron chi connectivity index (χ2n) is 8.55. The van der Waals surface area contributed by atoms with Crippen molar-refractivity contribution in [2.75, 3.05) is 18.9 Å². The Kier molecular flexibility index (Phi) is 8.00. The van der Waals surface area contributed by atoms with E-state index in [1.807, 2.05) is 77.1 Å². The summed E-state index contributed by atoms with van der Waals surface area (Å²) in [4.78, 5) is 26.1. The second-order valence-corrected chi connectivity index (χ2v) is 8.55. The summed E-state index contributed by atoms with van der Waals surface area (Å²) in [7, 11) is 1.60. The summed E-state index contributed by atoms with van der Waals surface area (Å²) in [5, 5.41) is 5.75. The van der Waals surface area contributed by atoms with Gasteiger partial charge >= 0.3 is 6.03 Å². The van der Waals surface area contributed by atoms with Crippen LogP contribution in [0.1, 0.15) is 43.0 Å². The number of amides is 3. The summed E-state index contributed by atoms with van der Waals surface area (Å²) in [6.45, 7) is 10.8. The molecule has 0 aliphatic rings. The molecule has 2 aromatic carbocycles. The van der Waals surface area contributed by atoms with Crippen LogP contribution in [-0.4, -0.2) is 36.0 Å². The zero-order valence-corrected chi connectivity index (χ0v) is 18.8. The molecule has 30 heavy (non-hydrogen) atoms. The molecule has 0 bridgehead atoms. The van der Waals surface area contributed by atoms with Gasteiger partial charge in [0.2, 0.25) is 5.91 Å². The number of para-hydroxylation sites is 1. The van der Waals surface area contributed by atoms with Gasteiger partial charge in [-0.05, 0) is 56.9 Å². The fourth-order valence-electron chi connectivity index (χ4n) is 2.92. The van der Waals surface area contributed by atoms with E-state index in [-0.39, 0.29) is 24.1 Å². The quantitative estimate of drug-likeness (QED) is 0.709. The molecule has 0 fully saturated rings. The van der Waals surface area contributed by atoms with Crippen LogP contribution in [0.25, 0.3) is 0 Å². The average Bonchev–Trinajstić information content (AvgIpc) is 2.67. The summed E-state index contributed by atoms with van der Waals surface area (Å²) in [6.07, 6.45) is 0. The Bertz CT molecular complexity index is 867. The van der Waals surface area contributed by atoms with Crippen LogP contribution < -0.4 is 10.6 Å². The molecule has 0 saturated carbocycles. The largest absolute Gasteiger partial charge is 0.371 e. The number of likely N-dealkylation sites (N-methyl/N-ethyl adjacent to an activating group) is 1. The van der Waals surface area contributed by atoms with Crippen LogP contribution in [0.3, 0.4) is 0 Å². The number of hydrogen-bond acceptors (Lipinski definition) is 3. The van der Waals surface area contributed by atoms with E-state index in [9.17, 15) is 9.59 Å². The molecule has 2 aromatic rings. The first-order chi connectivity index (χ1) is 14.0. The Hall–Kier alpha value is -2.86. The number of nitrogens with one attached hydrogen (secondary N) is 2. The summed E-state index contributed by atoms with van der Waals surface area (Å²) < 4.78 is 5.80. The molecule has 0 radical (unpaired) electrons. The maximum Gasteiger partial charge on any atom is 0.317 e. The number of benzene rings is 2. The van der Waals surface area contributed by atoms with Crippen molar-refractivity contribution >= 4 is 17.6 Å². The van der Waals surface area contributed by atoms with E-state index >= 15 is 0 Å². The van der Waals surface area contributed by atoms with Gasteiger partial charge in [-0.2, -0.15) is 0 Å². The van der Waals surface area contributed by atoms with Gasteiger partial charge in [0.25, 0.3) is 0 Å². The third-order valence-electron chi connectivity index (χ3n) is 4.58. The normalized spacial score (nSPS) is 11.1. The van der Waals surface area contributed by atoms with Gasteiger partial charge in [-0.3, -0.25) is 4.79 Å². The molecule has 0 spiro atoms. The average molecular weight is 412 g/mol. The standard InChI is InChI=1S/C24H33N3O3/c1-17-9-7-10-18(2)22(17)26-21(28)15-27(6)23(29)25-14-19-11-8-12-20(13-19)16-30-24(3,4)5/h7-13H,14-16H2,1-6H3,(H,25,29)(H,26,28). The van der Waals surface area contributed by atoms with E-state index in [0.717, 1.165) is 27.9 Å². The minimum absolute atomic E-state index is 0.0287. The number of ether oxygens (including phenoxy) is 1. The van der Waals surface area contributed by atoms with Crippen molar-refractivity contribution in [3.8, 4) is 0 Å². The highest BCUT2D eigenvalue weighted by molar-refractivity contribution is 5.95. The van der Waals surface area contributed by atoms with Crippen LogP contribution in [0.2, 0.25) is 0 Å². The fraction of sp³-hybridized carbons (Fsp3) is 0.417.